The first-order valence-electron chi connectivity index (χ1n) is 8.40. The second kappa shape index (κ2) is 7.83. The van der Waals surface area contributed by atoms with Crippen molar-refractivity contribution in [2.45, 2.75) is 32.1 Å². The molecule has 0 saturated heterocycles. The van der Waals surface area contributed by atoms with Crippen molar-refractivity contribution in [2.24, 2.45) is 0 Å². The standard InChI is InChI=1S/C18H22N4O3/c1-24-14-8-7-13(11-21-14)16-15(17(19)25-22-16)18(23)20-10-9-12-5-3-2-4-6-12/h5,7-8,11H,2-4,6,9-10,19H2,1H3,(H,20,23). The number of hydrogen-bond acceptors (Lipinski definition) is 6. The summed E-state index contributed by atoms with van der Waals surface area (Å²) in [5, 5.41) is 6.81. The van der Waals surface area contributed by atoms with Crippen LogP contribution in [-0.2, 0) is 0 Å². The Bertz CT molecular complexity index is 765. The molecule has 0 aromatic carbocycles. The van der Waals surface area contributed by atoms with Crippen molar-refractivity contribution in [3.8, 4) is 17.1 Å². The predicted octanol–water partition coefficient (Wildman–Crippen LogP) is 2.95. The number of rotatable bonds is 6. The van der Waals surface area contributed by atoms with E-state index in [-0.39, 0.29) is 17.4 Å². The van der Waals surface area contributed by atoms with Gasteiger partial charge in [0.25, 0.3) is 5.91 Å². The fourth-order valence-electron chi connectivity index (χ4n) is 2.92. The number of pyridine rings is 1. The molecule has 1 amide bonds. The monoisotopic (exact) mass is 342 g/mol. The quantitative estimate of drug-likeness (QED) is 0.782. The molecule has 1 aliphatic rings. The number of nitrogens with zero attached hydrogens (tertiary/aromatic N) is 2. The van der Waals surface area contributed by atoms with Crippen LogP contribution in [-0.4, -0.2) is 29.7 Å². The highest BCUT2D eigenvalue weighted by Crippen LogP contribution is 2.27. The van der Waals surface area contributed by atoms with E-state index in [1.54, 1.807) is 18.3 Å². The van der Waals surface area contributed by atoms with Crippen LogP contribution in [0.1, 0.15) is 42.5 Å². The van der Waals surface area contributed by atoms with Crippen LogP contribution in [0.15, 0.2) is 34.5 Å². The summed E-state index contributed by atoms with van der Waals surface area (Å²) in [6.07, 6.45) is 9.44. The molecule has 0 fully saturated rings. The minimum atomic E-state index is -0.291. The number of amides is 1. The largest absolute Gasteiger partial charge is 0.481 e. The van der Waals surface area contributed by atoms with Crippen molar-refractivity contribution in [1.82, 2.24) is 15.5 Å². The number of aromatic nitrogens is 2. The van der Waals surface area contributed by atoms with Gasteiger partial charge in [-0.25, -0.2) is 4.98 Å². The van der Waals surface area contributed by atoms with Crippen LogP contribution >= 0.6 is 0 Å². The molecular formula is C18H22N4O3. The Kier molecular flexibility index (Phi) is 5.33. The normalized spacial score (nSPS) is 14.0. The zero-order chi connectivity index (χ0) is 17.6. The van der Waals surface area contributed by atoms with Crippen LogP contribution < -0.4 is 15.8 Å². The number of hydrogen-bond donors (Lipinski definition) is 2. The number of allylic oxidation sites excluding steroid dienone is 1. The second-order valence-electron chi connectivity index (χ2n) is 5.97. The van der Waals surface area contributed by atoms with Crippen molar-refractivity contribution in [3.63, 3.8) is 0 Å². The Morgan fingerprint density at radius 1 is 1.40 bits per heavy atom. The van der Waals surface area contributed by atoms with Gasteiger partial charge in [0, 0.05) is 24.4 Å². The van der Waals surface area contributed by atoms with Gasteiger partial charge >= 0.3 is 0 Å². The maximum Gasteiger partial charge on any atom is 0.259 e. The van der Waals surface area contributed by atoms with Gasteiger partial charge in [-0.05, 0) is 38.2 Å². The highest BCUT2D eigenvalue weighted by molar-refractivity contribution is 6.03. The highest BCUT2D eigenvalue weighted by Gasteiger charge is 2.22. The van der Waals surface area contributed by atoms with Gasteiger partial charge < -0.3 is 20.3 Å². The van der Waals surface area contributed by atoms with Gasteiger partial charge in [-0.15, -0.1) is 0 Å². The third kappa shape index (κ3) is 3.99. The Balaban J connectivity index is 1.69. The second-order valence-corrected chi connectivity index (χ2v) is 5.97. The molecule has 3 N–H and O–H groups in total. The summed E-state index contributed by atoms with van der Waals surface area (Å²) in [4.78, 5) is 16.7. The Morgan fingerprint density at radius 3 is 2.96 bits per heavy atom. The Morgan fingerprint density at radius 2 is 2.28 bits per heavy atom. The van der Waals surface area contributed by atoms with Gasteiger partial charge in [0.2, 0.25) is 11.8 Å². The molecule has 2 aromatic rings. The number of ether oxygens (including phenoxy) is 1. The zero-order valence-electron chi connectivity index (χ0n) is 14.2. The molecule has 0 aliphatic heterocycles. The molecule has 0 atom stereocenters. The van der Waals surface area contributed by atoms with Gasteiger partial charge in [0.05, 0.1) is 7.11 Å². The predicted molar refractivity (Wildman–Crippen MR) is 94.2 cm³/mol. The molecule has 7 heteroatoms. The molecule has 0 bridgehead atoms. The zero-order valence-corrected chi connectivity index (χ0v) is 14.2. The van der Waals surface area contributed by atoms with E-state index in [1.165, 1.54) is 25.5 Å². The third-order valence-corrected chi connectivity index (χ3v) is 4.28. The molecule has 3 rings (SSSR count). The fourth-order valence-corrected chi connectivity index (χ4v) is 2.92. The van der Waals surface area contributed by atoms with Gasteiger partial charge in [-0.3, -0.25) is 4.79 Å². The molecule has 2 heterocycles. The number of methoxy groups -OCH3 is 1. The number of carbonyl (C=O) groups is 1. The van der Waals surface area contributed by atoms with Crippen molar-refractivity contribution >= 4 is 11.8 Å². The van der Waals surface area contributed by atoms with Crippen LogP contribution in [0, 0.1) is 0 Å². The first kappa shape index (κ1) is 17.0. The molecule has 132 valence electrons. The van der Waals surface area contributed by atoms with Crippen molar-refractivity contribution < 1.29 is 14.1 Å². The SMILES string of the molecule is COc1ccc(-c2noc(N)c2C(=O)NCCC2=CCCCC2)cn1. The summed E-state index contributed by atoms with van der Waals surface area (Å²) >= 11 is 0. The minimum absolute atomic E-state index is 0.000185. The molecule has 0 unspecified atom stereocenters. The summed E-state index contributed by atoms with van der Waals surface area (Å²) in [7, 11) is 1.54. The number of nitrogens with one attached hydrogen (secondary N) is 1. The molecule has 0 spiro atoms. The van der Waals surface area contributed by atoms with Crippen LogP contribution in [0.4, 0.5) is 5.88 Å². The number of carbonyl (C=O) groups excluding carboxylic acids is 1. The van der Waals surface area contributed by atoms with Crippen molar-refractivity contribution in [3.05, 3.63) is 35.5 Å². The van der Waals surface area contributed by atoms with E-state index in [9.17, 15) is 4.79 Å². The maximum absolute atomic E-state index is 12.5. The van der Waals surface area contributed by atoms with Crippen LogP contribution in [0.3, 0.4) is 0 Å². The van der Waals surface area contributed by atoms with Gasteiger partial charge in [-0.2, -0.15) is 0 Å². The summed E-state index contributed by atoms with van der Waals surface area (Å²) in [6, 6.07) is 3.45. The molecule has 2 aromatic heterocycles. The number of nitrogens with two attached hydrogens (primary N) is 1. The van der Waals surface area contributed by atoms with E-state index in [0.717, 1.165) is 19.3 Å². The van der Waals surface area contributed by atoms with E-state index >= 15 is 0 Å². The molecule has 0 radical (unpaired) electrons. The lowest BCUT2D eigenvalue weighted by molar-refractivity contribution is 0.0955. The highest BCUT2D eigenvalue weighted by atomic mass is 16.5. The summed E-state index contributed by atoms with van der Waals surface area (Å²) in [5.41, 5.74) is 8.47. The Hall–Kier alpha value is -2.83. The summed E-state index contributed by atoms with van der Waals surface area (Å²) < 4.78 is 10.1. The van der Waals surface area contributed by atoms with Crippen LogP contribution in [0.5, 0.6) is 5.88 Å². The van der Waals surface area contributed by atoms with E-state index in [1.807, 2.05) is 0 Å². The lowest BCUT2D eigenvalue weighted by Crippen LogP contribution is -2.25. The first-order chi connectivity index (χ1) is 12.2. The van der Waals surface area contributed by atoms with E-state index in [0.29, 0.717) is 23.7 Å². The average molecular weight is 342 g/mol. The Labute approximate surface area is 146 Å². The fraction of sp³-hybridized carbons (Fsp3) is 0.389. The van der Waals surface area contributed by atoms with E-state index in [2.05, 4.69) is 21.5 Å². The molecule has 1 aliphatic carbocycles. The smallest absolute Gasteiger partial charge is 0.259 e. The minimum Gasteiger partial charge on any atom is -0.481 e. The first-order valence-corrected chi connectivity index (χ1v) is 8.40. The van der Waals surface area contributed by atoms with Gasteiger partial charge in [-0.1, -0.05) is 16.8 Å². The third-order valence-electron chi connectivity index (χ3n) is 4.28. The summed E-state index contributed by atoms with van der Waals surface area (Å²) in [5.74, 6) is 0.188. The van der Waals surface area contributed by atoms with E-state index in [4.69, 9.17) is 15.0 Å². The van der Waals surface area contributed by atoms with Gasteiger partial charge in [0.1, 0.15) is 11.3 Å². The maximum atomic E-state index is 12.5. The lowest BCUT2D eigenvalue weighted by atomic mass is 9.97. The van der Waals surface area contributed by atoms with Gasteiger partial charge in [0.15, 0.2) is 0 Å². The van der Waals surface area contributed by atoms with E-state index < -0.39 is 0 Å². The summed E-state index contributed by atoms with van der Waals surface area (Å²) in [6.45, 7) is 0.565. The molecule has 0 saturated carbocycles. The molecule has 25 heavy (non-hydrogen) atoms. The van der Waals surface area contributed by atoms with Crippen molar-refractivity contribution in [2.75, 3.05) is 19.4 Å². The number of nitrogen functional groups attached to an aromatic ring is 1. The molecule has 7 nitrogen and oxygen atoms in total. The number of anilines is 1. The molecular weight excluding hydrogens is 320 g/mol. The lowest BCUT2D eigenvalue weighted by Gasteiger charge is -2.13. The topological polar surface area (TPSA) is 103 Å². The van der Waals surface area contributed by atoms with Crippen molar-refractivity contribution in [1.29, 1.82) is 0 Å². The van der Waals surface area contributed by atoms with Crippen LogP contribution in [0.25, 0.3) is 11.3 Å². The van der Waals surface area contributed by atoms with Crippen LogP contribution in [0.2, 0.25) is 0 Å². The average Bonchev–Trinajstić information content (AvgIpc) is 3.04.